The van der Waals surface area contributed by atoms with Gasteiger partial charge >= 0.3 is 0 Å². The Kier molecular flexibility index (Phi) is 17.9. The van der Waals surface area contributed by atoms with E-state index in [1.165, 1.54) is 14.2 Å². The van der Waals surface area contributed by atoms with Crippen molar-refractivity contribution in [3.63, 3.8) is 0 Å². The van der Waals surface area contributed by atoms with Crippen LogP contribution in [0.3, 0.4) is 0 Å². The van der Waals surface area contributed by atoms with Crippen molar-refractivity contribution in [2.75, 3.05) is 41.1 Å². The highest BCUT2D eigenvalue weighted by Gasteiger charge is 2.65. The first-order valence-electron chi connectivity index (χ1n) is 20.8. The molecule has 1 aliphatic rings. The maximum absolute atomic E-state index is 13.2. The maximum atomic E-state index is 13.2. The van der Waals surface area contributed by atoms with E-state index in [1.807, 2.05) is 24.3 Å². The number of carbonyl (C=O) groups is 1. The summed E-state index contributed by atoms with van der Waals surface area (Å²) in [4.78, 5) is 18.4. The third-order valence-corrected chi connectivity index (χ3v) is 27.1. The number of hydrogen-bond donors (Lipinski definition) is 2. The Bertz CT molecular complexity index is 1410. The molecule has 0 bridgehead atoms. The molecule has 1 saturated heterocycles. The fourth-order valence-electron chi connectivity index (χ4n) is 6.17. The molecule has 0 radical (unpaired) electrons. The van der Waals surface area contributed by atoms with Crippen molar-refractivity contribution in [2.45, 2.75) is 174 Å². The van der Waals surface area contributed by atoms with Gasteiger partial charge in [0.05, 0.1) is 58.3 Å². The van der Waals surface area contributed by atoms with Crippen LogP contribution in [-0.4, -0.2) is 117 Å². The molecule has 8 atom stereocenters. The first kappa shape index (κ1) is 52.0. The number of hydrogen-bond acceptors (Lipinski definition) is 10. The molecule has 0 aliphatic carbocycles. The molecule has 1 aromatic rings. The van der Waals surface area contributed by atoms with Crippen LogP contribution in [0.2, 0.25) is 54.4 Å². The zero-order chi connectivity index (χ0) is 44.2. The monoisotopic (exact) mass is 858 g/mol. The number of hydroxylamine groups is 2. The second kappa shape index (κ2) is 19.7. The van der Waals surface area contributed by atoms with Gasteiger partial charge in [-0.15, -0.1) is 0 Å². The first-order valence-corrected chi connectivity index (χ1v) is 29.5. The molecule has 0 saturated carbocycles. The van der Waals surface area contributed by atoms with Crippen LogP contribution < -0.4 is 4.74 Å². The van der Waals surface area contributed by atoms with Crippen LogP contribution in [-0.2, 0) is 39.0 Å². The smallest absolute Gasteiger partial charge is 0.248 e. The average molecular weight is 858 g/mol. The number of amides is 1. The van der Waals surface area contributed by atoms with Crippen molar-refractivity contribution in [2.24, 2.45) is 17.8 Å². The Labute approximate surface area is 350 Å². The molecule has 1 amide bonds. The standard InChI is InChI=1S/C43H83NO10Si3/c1-30(26-50-27-31-21-23-32(48-13)24-22-31)38-43(11,53-38)39(54-57(19,20)42(8,9)10)34(29-52-56(17,18)41(5,6)7)37(47)33(28-51-55(15,16)40(2,3)4)35(45)25-36(46)44(12)49-14/h21-24,30,33-35,37-39,45,47H,25-29H2,1-20H3/t30-,33-,34-,35-,37-,38+,39-,43?/m0/s1. The van der Waals surface area contributed by atoms with Gasteiger partial charge in [0.25, 0.3) is 0 Å². The molecule has 2 rings (SSSR count). The van der Waals surface area contributed by atoms with E-state index in [-0.39, 0.29) is 46.8 Å². The highest BCUT2D eigenvalue weighted by Crippen LogP contribution is 2.52. The van der Waals surface area contributed by atoms with Gasteiger partial charge in [0.2, 0.25) is 5.91 Å². The van der Waals surface area contributed by atoms with Gasteiger partial charge in [-0.3, -0.25) is 9.63 Å². The molecule has 11 nitrogen and oxygen atoms in total. The van der Waals surface area contributed by atoms with Gasteiger partial charge in [0.1, 0.15) is 11.4 Å². The van der Waals surface area contributed by atoms with Gasteiger partial charge in [-0.1, -0.05) is 81.4 Å². The molecule has 2 N–H and O–H groups in total. The molecule has 1 unspecified atom stereocenters. The van der Waals surface area contributed by atoms with Crippen LogP contribution >= 0.6 is 0 Å². The van der Waals surface area contributed by atoms with Gasteiger partial charge in [-0.2, -0.15) is 0 Å². The number of aliphatic hydroxyl groups excluding tert-OH is 2. The number of methoxy groups -OCH3 is 1. The zero-order valence-electron chi connectivity index (χ0n) is 39.5. The number of ether oxygens (including phenoxy) is 3. The number of benzene rings is 1. The summed E-state index contributed by atoms with van der Waals surface area (Å²) in [5, 5.41) is 25.6. The third kappa shape index (κ3) is 13.7. The largest absolute Gasteiger partial charge is 0.497 e. The lowest BCUT2D eigenvalue weighted by atomic mass is 9.78. The highest BCUT2D eigenvalue weighted by atomic mass is 28.4. The summed E-state index contributed by atoms with van der Waals surface area (Å²) in [6, 6.07) is 7.85. The van der Waals surface area contributed by atoms with Crippen molar-refractivity contribution in [3.05, 3.63) is 29.8 Å². The van der Waals surface area contributed by atoms with E-state index in [0.717, 1.165) is 16.4 Å². The van der Waals surface area contributed by atoms with E-state index in [2.05, 4.69) is 115 Å². The molecular formula is C43H83NO10Si3. The minimum atomic E-state index is -2.52. The lowest BCUT2D eigenvalue weighted by molar-refractivity contribution is -0.173. The third-order valence-electron chi connectivity index (χ3n) is 13.7. The van der Waals surface area contributed by atoms with E-state index in [9.17, 15) is 15.0 Å². The van der Waals surface area contributed by atoms with Gasteiger partial charge < -0.3 is 37.7 Å². The zero-order valence-corrected chi connectivity index (χ0v) is 42.5. The molecule has 332 valence electrons. The summed E-state index contributed by atoms with van der Waals surface area (Å²) in [7, 11) is -2.66. The highest BCUT2D eigenvalue weighted by molar-refractivity contribution is 6.75. The molecular weight excluding hydrogens is 775 g/mol. The maximum Gasteiger partial charge on any atom is 0.248 e. The van der Waals surface area contributed by atoms with Gasteiger partial charge in [-0.25, -0.2) is 5.06 Å². The topological polar surface area (TPSA) is 129 Å². The van der Waals surface area contributed by atoms with E-state index in [4.69, 9.17) is 32.3 Å². The predicted molar refractivity (Wildman–Crippen MR) is 237 cm³/mol. The van der Waals surface area contributed by atoms with Crippen molar-refractivity contribution >= 4 is 30.9 Å². The molecule has 0 spiro atoms. The Morgan fingerprint density at radius 2 is 1.28 bits per heavy atom. The fraction of sp³-hybridized carbons (Fsp3) is 0.837. The van der Waals surface area contributed by atoms with Gasteiger partial charge in [-0.05, 0) is 79.0 Å². The number of nitrogens with zero attached hydrogens (tertiary/aromatic N) is 1. The summed E-state index contributed by atoms with van der Waals surface area (Å²) >= 11 is 0. The molecule has 1 aliphatic heterocycles. The number of aliphatic hydroxyl groups is 2. The molecule has 0 aromatic heterocycles. The van der Waals surface area contributed by atoms with Crippen molar-refractivity contribution < 1.29 is 47.3 Å². The minimum absolute atomic E-state index is 0.00312. The van der Waals surface area contributed by atoms with Crippen LogP contribution in [0.5, 0.6) is 5.75 Å². The van der Waals surface area contributed by atoms with Crippen LogP contribution in [0.4, 0.5) is 0 Å². The average Bonchev–Trinajstić information content (AvgIpc) is 3.78. The Morgan fingerprint density at radius 1 is 0.807 bits per heavy atom. The van der Waals surface area contributed by atoms with Crippen molar-refractivity contribution in [1.82, 2.24) is 5.06 Å². The van der Waals surface area contributed by atoms with E-state index in [1.54, 1.807) is 7.11 Å². The molecule has 1 fully saturated rings. The van der Waals surface area contributed by atoms with E-state index >= 15 is 0 Å². The lowest BCUT2D eigenvalue weighted by Gasteiger charge is -2.47. The summed E-state index contributed by atoms with van der Waals surface area (Å²) in [6.07, 6.45) is -3.53. The summed E-state index contributed by atoms with van der Waals surface area (Å²) in [6.45, 7) is 38.2. The Morgan fingerprint density at radius 3 is 1.72 bits per heavy atom. The van der Waals surface area contributed by atoms with E-state index < -0.39 is 66.6 Å². The molecule has 57 heavy (non-hydrogen) atoms. The Balaban J connectivity index is 2.68. The lowest BCUT2D eigenvalue weighted by Crippen LogP contribution is -2.58. The normalized spacial score (nSPS) is 21.7. The van der Waals surface area contributed by atoms with E-state index in [0.29, 0.717) is 13.2 Å². The van der Waals surface area contributed by atoms with Gasteiger partial charge in [0.15, 0.2) is 25.0 Å². The number of carbonyl (C=O) groups excluding carboxylic acids is 1. The number of rotatable bonds is 22. The summed E-state index contributed by atoms with van der Waals surface area (Å²) < 4.78 is 39.5. The SMILES string of the molecule is COc1ccc(COC[C@H](C)[C@H]2OC2(C)[C@@H](O[Si](C)(C)C(C)(C)C)[C@@H](CO[Si](C)(C)C(C)(C)C)[C@@H](O)[C@@H](CO[Si](C)(C)C(C)(C)C)[C@@H](O)CC(=O)N(C)OC)cc1. The molecule has 1 heterocycles. The van der Waals surface area contributed by atoms with Crippen molar-refractivity contribution in [1.29, 1.82) is 0 Å². The Hall–Kier alpha value is -1.18. The quantitative estimate of drug-likeness (QED) is 0.0664. The van der Waals surface area contributed by atoms with Crippen LogP contribution in [0.15, 0.2) is 24.3 Å². The van der Waals surface area contributed by atoms with Crippen molar-refractivity contribution in [3.8, 4) is 5.75 Å². The summed E-state index contributed by atoms with van der Waals surface area (Å²) in [5.74, 6) is -1.10. The second-order valence-electron chi connectivity index (χ2n) is 21.2. The molecule has 1 aromatic carbocycles. The van der Waals surface area contributed by atoms with Gasteiger partial charge in [0, 0.05) is 38.0 Å². The first-order chi connectivity index (χ1) is 25.8. The predicted octanol–water partition coefficient (Wildman–Crippen LogP) is 8.80. The fourth-order valence-corrected chi connectivity index (χ4v) is 9.65. The number of epoxide rings is 1. The van der Waals surface area contributed by atoms with Crippen LogP contribution in [0.25, 0.3) is 0 Å². The second-order valence-corrected chi connectivity index (χ2v) is 35.5. The van der Waals surface area contributed by atoms with Crippen LogP contribution in [0.1, 0.15) is 88.1 Å². The molecule has 14 heteroatoms. The van der Waals surface area contributed by atoms with Crippen LogP contribution in [0, 0.1) is 17.8 Å². The summed E-state index contributed by atoms with van der Waals surface area (Å²) in [5.41, 5.74) is 0.246. The minimum Gasteiger partial charge on any atom is -0.497 e.